The number of esters is 1. The molecule has 1 unspecified atom stereocenters. The standard InChI is InChI=1S/C13H23NO4/c1-6-18-13(17)10(7-8(2)3)14-12(16)11(15)9(4)5/h8-10H,6-7H2,1-5H3,(H,14,16). The van der Waals surface area contributed by atoms with Crippen LogP contribution in [0.5, 0.6) is 0 Å². The molecule has 5 nitrogen and oxygen atoms in total. The van der Waals surface area contributed by atoms with E-state index in [9.17, 15) is 14.4 Å². The number of carbonyl (C=O) groups is 3. The Balaban J connectivity index is 4.63. The number of hydrogen-bond acceptors (Lipinski definition) is 4. The van der Waals surface area contributed by atoms with E-state index in [0.717, 1.165) is 0 Å². The Morgan fingerprint density at radius 3 is 2.06 bits per heavy atom. The first kappa shape index (κ1) is 16.6. The number of ketones is 1. The minimum atomic E-state index is -0.750. The molecule has 1 N–H and O–H groups in total. The number of amides is 1. The van der Waals surface area contributed by atoms with Gasteiger partial charge in [0.1, 0.15) is 6.04 Å². The van der Waals surface area contributed by atoms with Gasteiger partial charge >= 0.3 is 5.97 Å². The predicted molar refractivity (Wildman–Crippen MR) is 67.9 cm³/mol. The molecule has 0 radical (unpaired) electrons. The molecule has 0 bridgehead atoms. The number of rotatable bonds is 7. The van der Waals surface area contributed by atoms with Crippen molar-refractivity contribution >= 4 is 17.7 Å². The molecule has 104 valence electrons. The van der Waals surface area contributed by atoms with Gasteiger partial charge in [0.05, 0.1) is 6.61 Å². The van der Waals surface area contributed by atoms with E-state index in [-0.39, 0.29) is 18.4 Å². The number of carbonyl (C=O) groups excluding carboxylic acids is 3. The highest BCUT2D eigenvalue weighted by Gasteiger charge is 2.26. The van der Waals surface area contributed by atoms with Crippen LogP contribution in [0.25, 0.3) is 0 Å². The summed E-state index contributed by atoms with van der Waals surface area (Å²) < 4.78 is 4.88. The Kier molecular flexibility index (Phi) is 7.24. The molecule has 0 aliphatic carbocycles. The van der Waals surface area contributed by atoms with Crippen molar-refractivity contribution < 1.29 is 19.1 Å². The summed E-state index contributed by atoms with van der Waals surface area (Å²) in [6.45, 7) is 9.10. The van der Waals surface area contributed by atoms with Crippen molar-refractivity contribution in [2.45, 2.75) is 47.1 Å². The topological polar surface area (TPSA) is 72.5 Å². The molecule has 0 aliphatic heterocycles. The Hall–Kier alpha value is -1.39. The molecule has 0 aromatic carbocycles. The zero-order valence-corrected chi connectivity index (χ0v) is 11.8. The molecule has 5 heteroatoms. The van der Waals surface area contributed by atoms with Crippen LogP contribution in [-0.4, -0.2) is 30.3 Å². The van der Waals surface area contributed by atoms with Crippen LogP contribution in [0.2, 0.25) is 0 Å². The van der Waals surface area contributed by atoms with Gasteiger partial charge in [0.25, 0.3) is 5.91 Å². The maximum absolute atomic E-state index is 11.7. The number of hydrogen-bond donors (Lipinski definition) is 1. The lowest BCUT2D eigenvalue weighted by molar-refractivity contribution is -0.149. The lowest BCUT2D eigenvalue weighted by atomic mass is 10.0. The summed E-state index contributed by atoms with van der Waals surface area (Å²) in [7, 11) is 0. The molecule has 0 heterocycles. The number of Topliss-reactive ketones (excluding diaryl/α,β-unsaturated/α-hetero) is 1. The monoisotopic (exact) mass is 257 g/mol. The molecule has 0 saturated carbocycles. The van der Waals surface area contributed by atoms with Gasteiger partial charge in [-0.25, -0.2) is 4.79 Å². The highest BCUT2D eigenvalue weighted by atomic mass is 16.5. The minimum absolute atomic E-state index is 0.217. The average molecular weight is 257 g/mol. The van der Waals surface area contributed by atoms with Crippen LogP contribution in [0.4, 0.5) is 0 Å². The molecule has 1 atom stereocenters. The van der Waals surface area contributed by atoms with Gasteiger partial charge in [-0.3, -0.25) is 9.59 Å². The number of nitrogens with one attached hydrogen (secondary N) is 1. The third-order valence-corrected chi connectivity index (χ3v) is 2.33. The van der Waals surface area contributed by atoms with E-state index in [2.05, 4.69) is 5.32 Å². The highest BCUT2D eigenvalue weighted by molar-refractivity contribution is 6.37. The van der Waals surface area contributed by atoms with Gasteiger partial charge in [0.15, 0.2) is 0 Å². The highest BCUT2D eigenvalue weighted by Crippen LogP contribution is 2.07. The molecular formula is C13H23NO4. The van der Waals surface area contributed by atoms with Crippen LogP contribution < -0.4 is 5.32 Å². The summed E-state index contributed by atoms with van der Waals surface area (Å²) in [4.78, 5) is 34.8. The summed E-state index contributed by atoms with van der Waals surface area (Å²) in [6, 6.07) is -0.750. The van der Waals surface area contributed by atoms with Crippen LogP contribution in [0.1, 0.15) is 41.0 Å². The molecule has 0 aliphatic rings. The molecule has 1 amide bonds. The molecule has 0 spiro atoms. The lowest BCUT2D eigenvalue weighted by Gasteiger charge is -2.19. The van der Waals surface area contributed by atoms with Crippen molar-refractivity contribution in [3.8, 4) is 0 Å². The summed E-state index contributed by atoms with van der Waals surface area (Å²) in [6.07, 6.45) is 0.454. The van der Waals surface area contributed by atoms with Crippen molar-refractivity contribution in [1.29, 1.82) is 0 Å². The predicted octanol–water partition coefficient (Wildman–Crippen LogP) is 1.31. The Morgan fingerprint density at radius 2 is 1.67 bits per heavy atom. The van der Waals surface area contributed by atoms with E-state index in [1.54, 1.807) is 20.8 Å². The molecule has 0 saturated heterocycles. The van der Waals surface area contributed by atoms with Crippen LogP contribution >= 0.6 is 0 Å². The molecular weight excluding hydrogens is 234 g/mol. The molecule has 0 aromatic rings. The quantitative estimate of drug-likeness (QED) is 0.551. The van der Waals surface area contributed by atoms with E-state index >= 15 is 0 Å². The van der Waals surface area contributed by atoms with Crippen LogP contribution in [0.15, 0.2) is 0 Å². The van der Waals surface area contributed by atoms with Crippen molar-refractivity contribution in [3.05, 3.63) is 0 Å². The van der Waals surface area contributed by atoms with Gasteiger partial charge in [0, 0.05) is 5.92 Å². The van der Waals surface area contributed by atoms with Crippen molar-refractivity contribution in [2.75, 3.05) is 6.61 Å². The fourth-order valence-electron chi connectivity index (χ4n) is 1.42. The largest absolute Gasteiger partial charge is 0.464 e. The number of ether oxygens (including phenoxy) is 1. The minimum Gasteiger partial charge on any atom is -0.464 e. The van der Waals surface area contributed by atoms with E-state index < -0.39 is 23.7 Å². The summed E-state index contributed by atoms with van der Waals surface area (Å²) in [5.74, 6) is -1.89. The first-order valence-corrected chi connectivity index (χ1v) is 6.30. The Morgan fingerprint density at radius 1 is 1.11 bits per heavy atom. The second-order valence-electron chi connectivity index (χ2n) is 4.93. The van der Waals surface area contributed by atoms with E-state index in [1.165, 1.54) is 0 Å². The van der Waals surface area contributed by atoms with Gasteiger partial charge in [-0.15, -0.1) is 0 Å². The van der Waals surface area contributed by atoms with E-state index in [1.807, 2.05) is 13.8 Å². The third-order valence-electron chi connectivity index (χ3n) is 2.33. The summed E-state index contributed by atoms with van der Waals surface area (Å²) in [5.41, 5.74) is 0. The summed E-state index contributed by atoms with van der Waals surface area (Å²) in [5, 5.41) is 2.45. The zero-order valence-electron chi connectivity index (χ0n) is 11.8. The maximum atomic E-state index is 11.7. The van der Waals surface area contributed by atoms with Gasteiger partial charge in [-0.1, -0.05) is 27.7 Å². The first-order chi connectivity index (χ1) is 8.29. The molecule has 0 rings (SSSR count). The zero-order chi connectivity index (χ0) is 14.3. The Labute approximate surface area is 108 Å². The first-order valence-electron chi connectivity index (χ1n) is 6.30. The summed E-state index contributed by atoms with van der Waals surface area (Å²) >= 11 is 0. The van der Waals surface area contributed by atoms with E-state index in [4.69, 9.17) is 4.74 Å². The lowest BCUT2D eigenvalue weighted by Crippen LogP contribution is -2.46. The fraction of sp³-hybridized carbons (Fsp3) is 0.769. The Bertz CT molecular complexity index is 310. The van der Waals surface area contributed by atoms with Gasteiger partial charge in [-0.2, -0.15) is 0 Å². The van der Waals surface area contributed by atoms with Crippen LogP contribution in [-0.2, 0) is 19.1 Å². The fourth-order valence-corrected chi connectivity index (χ4v) is 1.42. The van der Waals surface area contributed by atoms with Crippen LogP contribution in [0, 0.1) is 11.8 Å². The van der Waals surface area contributed by atoms with Gasteiger partial charge < -0.3 is 10.1 Å². The normalized spacial score (nSPS) is 12.4. The van der Waals surface area contributed by atoms with Crippen LogP contribution in [0.3, 0.4) is 0 Å². The van der Waals surface area contributed by atoms with Crippen molar-refractivity contribution in [1.82, 2.24) is 5.32 Å². The molecule has 18 heavy (non-hydrogen) atoms. The van der Waals surface area contributed by atoms with Gasteiger partial charge in [-0.05, 0) is 19.3 Å². The molecule has 0 fully saturated rings. The SMILES string of the molecule is CCOC(=O)C(CC(C)C)NC(=O)C(=O)C(C)C. The maximum Gasteiger partial charge on any atom is 0.328 e. The van der Waals surface area contributed by atoms with Crippen molar-refractivity contribution in [3.63, 3.8) is 0 Å². The third kappa shape index (κ3) is 5.80. The second-order valence-corrected chi connectivity index (χ2v) is 4.93. The average Bonchev–Trinajstić information content (AvgIpc) is 2.26. The smallest absolute Gasteiger partial charge is 0.328 e. The van der Waals surface area contributed by atoms with E-state index in [0.29, 0.717) is 6.42 Å². The van der Waals surface area contributed by atoms with Crippen molar-refractivity contribution in [2.24, 2.45) is 11.8 Å². The van der Waals surface area contributed by atoms with Gasteiger partial charge in [0.2, 0.25) is 5.78 Å². The second kappa shape index (κ2) is 7.84. The molecule has 0 aromatic heterocycles.